The summed E-state index contributed by atoms with van der Waals surface area (Å²) in [6.07, 6.45) is 2.72. The quantitative estimate of drug-likeness (QED) is 0.548. The van der Waals surface area contributed by atoms with Crippen LogP contribution in [0.2, 0.25) is 0 Å². The highest BCUT2D eigenvalue weighted by Gasteiger charge is 2.32. The third-order valence-corrected chi connectivity index (χ3v) is 2.10. The predicted octanol–water partition coefficient (Wildman–Crippen LogP) is 1.23. The van der Waals surface area contributed by atoms with E-state index in [1.807, 2.05) is 0 Å². The van der Waals surface area contributed by atoms with Gasteiger partial charge in [0, 0.05) is 6.42 Å². The molecule has 1 rings (SSSR count). The lowest BCUT2D eigenvalue weighted by molar-refractivity contribution is -0.121. The van der Waals surface area contributed by atoms with Gasteiger partial charge in [-0.25, -0.2) is 0 Å². The fourth-order valence-corrected chi connectivity index (χ4v) is 1.38. The molecule has 0 aromatic carbocycles. The normalized spacial score (nSPS) is 22.7. The molecule has 1 saturated carbocycles. The predicted molar refractivity (Wildman–Crippen MR) is 45.3 cm³/mol. The van der Waals surface area contributed by atoms with E-state index in [1.165, 1.54) is 0 Å². The summed E-state index contributed by atoms with van der Waals surface area (Å²) in [5.41, 5.74) is -0.588. The van der Waals surface area contributed by atoms with E-state index in [2.05, 4.69) is 23.4 Å². The maximum absolute atomic E-state index is 11.0. The molecule has 0 aliphatic heterocycles. The number of rotatable bonds is 2. The van der Waals surface area contributed by atoms with Crippen molar-refractivity contribution in [2.24, 2.45) is 9.98 Å². The molecule has 0 N–H and O–H groups in total. The molecule has 0 radical (unpaired) electrons. The van der Waals surface area contributed by atoms with Crippen molar-refractivity contribution >= 4 is 19.2 Å². The van der Waals surface area contributed by atoms with Gasteiger partial charge in [-0.3, -0.25) is 14.8 Å². The average Bonchev–Trinajstić information content (AvgIpc) is 2.04. The van der Waals surface area contributed by atoms with Crippen molar-refractivity contribution in [1.29, 1.82) is 0 Å². The summed E-state index contributed by atoms with van der Waals surface area (Å²) in [4.78, 5) is 18.7. The lowest BCUT2D eigenvalue weighted by Crippen LogP contribution is -2.31. The number of aliphatic imine (C=N–C) groups is 2. The van der Waals surface area contributed by atoms with Gasteiger partial charge in [0.2, 0.25) is 0 Å². The first kappa shape index (κ1) is 8.11. The van der Waals surface area contributed by atoms with E-state index in [9.17, 15) is 4.79 Å². The molecule has 0 unspecified atom stereocenters. The van der Waals surface area contributed by atoms with Crippen molar-refractivity contribution in [2.75, 3.05) is 0 Å². The minimum atomic E-state index is -0.588. The van der Waals surface area contributed by atoms with Crippen LogP contribution in [0.25, 0.3) is 0 Å². The SMILES string of the molecule is C=NC1(N=C)CCCC(=O)C1. The first-order chi connectivity index (χ1) is 5.22. The Labute approximate surface area is 66.2 Å². The minimum Gasteiger partial charge on any atom is -0.300 e. The highest BCUT2D eigenvalue weighted by molar-refractivity contribution is 5.80. The minimum absolute atomic E-state index is 0.219. The van der Waals surface area contributed by atoms with Gasteiger partial charge in [0.25, 0.3) is 0 Å². The van der Waals surface area contributed by atoms with Gasteiger partial charge >= 0.3 is 0 Å². The molecule has 1 aliphatic rings. The van der Waals surface area contributed by atoms with Crippen LogP contribution < -0.4 is 0 Å². The second kappa shape index (κ2) is 2.95. The van der Waals surface area contributed by atoms with Gasteiger partial charge in [-0.05, 0) is 26.3 Å². The molecule has 3 nitrogen and oxygen atoms in total. The van der Waals surface area contributed by atoms with E-state index in [0.717, 1.165) is 12.8 Å². The van der Waals surface area contributed by atoms with Crippen LogP contribution >= 0.6 is 0 Å². The summed E-state index contributed by atoms with van der Waals surface area (Å²) in [6, 6.07) is 0. The Kier molecular flexibility index (Phi) is 2.17. The van der Waals surface area contributed by atoms with Gasteiger partial charge in [-0.2, -0.15) is 0 Å². The fraction of sp³-hybridized carbons (Fsp3) is 0.625. The molecule has 0 bridgehead atoms. The zero-order chi connectivity index (χ0) is 8.32. The highest BCUT2D eigenvalue weighted by Crippen LogP contribution is 2.29. The lowest BCUT2D eigenvalue weighted by Gasteiger charge is -2.27. The van der Waals surface area contributed by atoms with Crippen LogP contribution in [-0.2, 0) is 4.79 Å². The Morgan fingerprint density at radius 2 is 2.00 bits per heavy atom. The van der Waals surface area contributed by atoms with Crippen LogP contribution in [0.15, 0.2) is 9.98 Å². The first-order valence-electron chi connectivity index (χ1n) is 3.70. The average molecular weight is 152 g/mol. The van der Waals surface area contributed by atoms with Gasteiger partial charge in [0.1, 0.15) is 5.78 Å². The number of hydrogen-bond donors (Lipinski definition) is 0. The summed E-state index contributed by atoms with van der Waals surface area (Å²) in [5.74, 6) is 0.219. The lowest BCUT2D eigenvalue weighted by atomic mass is 9.89. The molecule has 0 aromatic rings. The van der Waals surface area contributed by atoms with Crippen LogP contribution in [0.1, 0.15) is 25.7 Å². The van der Waals surface area contributed by atoms with Crippen LogP contribution in [0.3, 0.4) is 0 Å². The van der Waals surface area contributed by atoms with E-state index < -0.39 is 5.66 Å². The molecule has 0 heterocycles. The molecule has 1 fully saturated rings. The van der Waals surface area contributed by atoms with E-state index in [4.69, 9.17) is 0 Å². The zero-order valence-electron chi connectivity index (χ0n) is 6.55. The van der Waals surface area contributed by atoms with Crippen molar-refractivity contribution in [1.82, 2.24) is 0 Å². The third kappa shape index (κ3) is 1.53. The second-order valence-corrected chi connectivity index (χ2v) is 2.87. The summed E-state index contributed by atoms with van der Waals surface area (Å²) in [5, 5.41) is 0. The fourth-order valence-electron chi connectivity index (χ4n) is 1.38. The van der Waals surface area contributed by atoms with Crippen LogP contribution in [0.4, 0.5) is 0 Å². The Balaban J connectivity index is 2.74. The number of carbonyl (C=O) groups is 1. The van der Waals surface area contributed by atoms with Gasteiger partial charge < -0.3 is 0 Å². The van der Waals surface area contributed by atoms with E-state index in [0.29, 0.717) is 12.8 Å². The van der Waals surface area contributed by atoms with E-state index in [-0.39, 0.29) is 5.78 Å². The molecular formula is C8H12N2O. The Morgan fingerprint density at radius 3 is 2.36 bits per heavy atom. The molecule has 60 valence electrons. The van der Waals surface area contributed by atoms with Gasteiger partial charge in [-0.1, -0.05) is 0 Å². The maximum Gasteiger partial charge on any atom is 0.155 e. The van der Waals surface area contributed by atoms with Crippen LogP contribution in [-0.4, -0.2) is 24.9 Å². The zero-order valence-corrected chi connectivity index (χ0v) is 6.55. The molecular weight excluding hydrogens is 140 g/mol. The Hall–Kier alpha value is -0.990. The highest BCUT2D eigenvalue weighted by atomic mass is 16.1. The van der Waals surface area contributed by atoms with Crippen molar-refractivity contribution in [2.45, 2.75) is 31.3 Å². The van der Waals surface area contributed by atoms with Gasteiger partial charge in [-0.15, -0.1) is 0 Å². The van der Waals surface area contributed by atoms with Crippen LogP contribution in [0, 0.1) is 0 Å². The van der Waals surface area contributed by atoms with E-state index in [1.54, 1.807) is 0 Å². The summed E-state index contributed by atoms with van der Waals surface area (Å²) >= 11 is 0. The number of ketones is 1. The molecule has 0 saturated heterocycles. The molecule has 11 heavy (non-hydrogen) atoms. The Bertz CT molecular complexity index is 190. The molecule has 3 heteroatoms. The van der Waals surface area contributed by atoms with E-state index >= 15 is 0 Å². The topological polar surface area (TPSA) is 41.8 Å². The summed E-state index contributed by atoms with van der Waals surface area (Å²) < 4.78 is 0. The smallest absolute Gasteiger partial charge is 0.155 e. The molecule has 0 amide bonds. The Morgan fingerprint density at radius 1 is 1.36 bits per heavy atom. The largest absolute Gasteiger partial charge is 0.300 e. The maximum atomic E-state index is 11.0. The monoisotopic (exact) mass is 152 g/mol. The van der Waals surface area contributed by atoms with Gasteiger partial charge in [0.15, 0.2) is 5.66 Å². The number of hydrogen-bond acceptors (Lipinski definition) is 3. The number of nitrogens with zero attached hydrogens (tertiary/aromatic N) is 2. The number of carbonyl (C=O) groups excluding carboxylic acids is 1. The van der Waals surface area contributed by atoms with Crippen molar-refractivity contribution in [3.63, 3.8) is 0 Å². The first-order valence-corrected chi connectivity index (χ1v) is 3.70. The van der Waals surface area contributed by atoms with Crippen molar-refractivity contribution in [3.8, 4) is 0 Å². The molecule has 0 spiro atoms. The van der Waals surface area contributed by atoms with Crippen LogP contribution in [0.5, 0.6) is 0 Å². The standard InChI is InChI=1S/C8H12N2O/c1-9-8(10-2)5-3-4-7(11)6-8/h1-6H2. The molecule has 0 atom stereocenters. The second-order valence-electron chi connectivity index (χ2n) is 2.87. The molecule has 1 aliphatic carbocycles. The summed E-state index contributed by atoms with van der Waals surface area (Å²) in [7, 11) is 0. The van der Waals surface area contributed by atoms with Crippen molar-refractivity contribution < 1.29 is 4.79 Å². The molecule has 0 aromatic heterocycles. The number of Topliss-reactive ketones (excluding diaryl/α,β-unsaturated/α-hetero) is 1. The van der Waals surface area contributed by atoms with Gasteiger partial charge in [0.05, 0.1) is 6.42 Å². The van der Waals surface area contributed by atoms with Crippen molar-refractivity contribution in [3.05, 3.63) is 0 Å². The third-order valence-electron chi connectivity index (χ3n) is 2.10. The summed E-state index contributed by atoms with van der Waals surface area (Å²) in [6.45, 7) is 6.85.